The van der Waals surface area contributed by atoms with E-state index in [9.17, 15) is 10.1 Å². The van der Waals surface area contributed by atoms with Crippen LogP contribution in [0.5, 0.6) is 11.5 Å². The normalized spacial score (nSPS) is 14.2. The van der Waals surface area contributed by atoms with Crippen molar-refractivity contribution < 1.29 is 19.0 Å². The van der Waals surface area contributed by atoms with Gasteiger partial charge in [-0.15, -0.1) is 0 Å². The van der Waals surface area contributed by atoms with Gasteiger partial charge in [-0.3, -0.25) is 4.79 Å². The second-order valence-corrected chi connectivity index (χ2v) is 7.32. The molecule has 0 radical (unpaired) electrons. The van der Waals surface area contributed by atoms with Crippen LogP contribution in [0.3, 0.4) is 0 Å². The lowest BCUT2D eigenvalue weighted by molar-refractivity contribution is -0.112. The van der Waals surface area contributed by atoms with Gasteiger partial charge in [0, 0.05) is 30.0 Å². The van der Waals surface area contributed by atoms with Gasteiger partial charge in [0.1, 0.15) is 11.6 Å². The lowest BCUT2D eigenvalue weighted by Gasteiger charge is -2.28. The van der Waals surface area contributed by atoms with Gasteiger partial charge in [0.25, 0.3) is 5.91 Å². The molecule has 1 N–H and O–H groups in total. The van der Waals surface area contributed by atoms with Crippen molar-refractivity contribution in [3.05, 3.63) is 53.6 Å². The van der Waals surface area contributed by atoms with E-state index in [1.54, 1.807) is 25.3 Å². The number of ether oxygens (including phenoxy) is 3. The Morgan fingerprint density at radius 3 is 2.52 bits per heavy atom. The molecule has 1 amide bonds. The number of nitrogens with zero attached hydrogens (tertiary/aromatic N) is 2. The van der Waals surface area contributed by atoms with Gasteiger partial charge in [0.15, 0.2) is 11.5 Å². The molecule has 1 fully saturated rings. The van der Waals surface area contributed by atoms with E-state index in [-0.39, 0.29) is 11.7 Å². The van der Waals surface area contributed by atoms with Crippen molar-refractivity contribution in [1.29, 1.82) is 5.26 Å². The van der Waals surface area contributed by atoms with Crippen LogP contribution >= 0.6 is 0 Å². The first-order valence-corrected chi connectivity index (χ1v) is 10.2. The molecule has 2 aromatic rings. The van der Waals surface area contributed by atoms with Crippen LogP contribution in [0.2, 0.25) is 0 Å². The number of hydrogen-bond acceptors (Lipinski definition) is 6. The van der Waals surface area contributed by atoms with Crippen LogP contribution < -0.4 is 19.7 Å². The predicted octanol–water partition coefficient (Wildman–Crippen LogP) is 3.86. The van der Waals surface area contributed by atoms with Crippen molar-refractivity contribution in [2.45, 2.75) is 20.0 Å². The van der Waals surface area contributed by atoms with E-state index < -0.39 is 5.91 Å². The number of nitrogens with one attached hydrogen (secondary N) is 1. The van der Waals surface area contributed by atoms with Crippen LogP contribution in [0.25, 0.3) is 6.08 Å². The Morgan fingerprint density at radius 2 is 1.90 bits per heavy atom. The third kappa shape index (κ3) is 5.77. The Morgan fingerprint density at radius 1 is 1.19 bits per heavy atom. The summed E-state index contributed by atoms with van der Waals surface area (Å²) in [4.78, 5) is 15.0. The lowest BCUT2D eigenvalue weighted by Crippen LogP contribution is -2.36. The van der Waals surface area contributed by atoms with Crippen LogP contribution in [0.4, 0.5) is 11.4 Å². The van der Waals surface area contributed by atoms with Gasteiger partial charge in [-0.2, -0.15) is 5.26 Å². The Balaban J connectivity index is 1.77. The Bertz CT molecular complexity index is 971. The molecule has 2 aromatic carbocycles. The summed E-state index contributed by atoms with van der Waals surface area (Å²) < 4.78 is 16.6. The molecule has 1 aliphatic rings. The summed E-state index contributed by atoms with van der Waals surface area (Å²) in [6, 6.07) is 14.9. The number of carbonyl (C=O) groups is 1. The van der Waals surface area contributed by atoms with E-state index >= 15 is 0 Å². The quantitative estimate of drug-likeness (QED) is 0.540. The summed E-state index contributed by atoms with van der Waals surface area (Å²) >= 11 is 0. The zero-order valence-corrected chi connectivity index (χ0v) is 18.1. The molecule has 7 nitrogen and oxygen atoms in total. The highest BCUT2D eigenvalue weighted by Gasteiger charge is 2.16. The summed E-state index contributed by atoms with van der Waals surface area (Å²) in [6.45, 7) is 6.91. The van der Waals surface area contributed by atoms with Gasteiger partial charge in [-0.1, -0.05) is 12.1 Å². The van der Waals surface area contributed by atoms with Crippen molar-refractivity contribution in [3.63, 3.8) is 0 Å². The van der Waals surface area contributed by atoms with Crippen LogP contribution in [-0.4, -0.2) is 45.4 Å². The second-order valence-electron chi connectivity index (χ2n) is 7.32. The number of hydrogen-bond donors (Lipinski definition) is 1. The fourth-order valence-corrected chi connectivity index (χ4v) is 3.25. The van der Waals surface area contributed by atoms with Gasteiger partial charge < -0.3 is 24.4 Å². The van der Waals surface area contributed by atoms with Crippen LogP contribution in [-0.2, 0) is 9.53 Å². The number of carbonyl (C=O) groups excluding carboxylic acids is 1. The number of anilines is 2. The molecule has 0 atom stereocenters. The van der Waals surface area contributed by atoms with Crippen molar-refractivity contribution >= 4 is 23.4 Å². The van der Waals surface area contributed by atoms with Gasteiger partial charge in [-0.05, 0) is 50.3 Å². The zero-order chi connectivity index (χ0) is 22.2. The fraction of sp³-hybridized carbons (Fsp3) is 0.333. The third-order valence-electron chi connectivity index (χ3n) is 4.75. The van der Waals surface area contributed by atoms with E-state index in [1.165, 1.54) is 6.08 Å². The molecule has 31 heavy (non-hydrogen) atoms. The van der Waals surface area contributed by atoms with Crippen molar-refractivity contribution in [1.82, 2.24) is 0 Å². The topological polar surface area (TPSA) is 83.8 Å². The molecule has 7 heteroatoms. The minimum Gasteiger partial charge on any atom is -0.493 e. The molecule has 162 valence electrons. The predicted molar refractivity (Wildman–Crippen MR) is 120 cm³/mol. The maximum absolute atomic E-state index is 12.7. The first-order chi connectivity index (χ1) is 15.0. The summed E-state index contributed by atoms with van der Waals surface area (Å²) in [6.07, 6.45) is 1.42. The monoisotopic (exact) mass is 421 g/mol. The first-order valence-electron chi connectivity index (χ1n) is 10.2. The van der Waals surface area contributed by atoms with Crippen LogP contribution in [0, 0.1) is 11.3 Å². The summed E-state index contributed by atoms with van der Waals surface area (Å²) in [7, 11) is 1.55. The molecule has 0 saturated carbocycles. The average molecular weight is 421 g/mol. The fourth-order valence-electron chi connectivity index (χ4n) is 3.25. The van der Waals surface area contributed by atoms with Gasteiger partial charge in [0.2, 0.25) is 0 Å². The number of benzene rings is 2. The maximum Gasteiger partial charge on any atom is 0.266 e. The molecule has 1 aliphatic heterocycles. The summed E-state index contributed by atoms with van der Waals surface area (Å²) in [5, 5.41) is 12.4. The molecule has 0 aromatic heterocycles. The van der Waals surface area contributed by atoms with Crippen LogP contribution in [0.1, 0.15) is 19.4 Å². The van der Waals surface area contributed by atoms with Crippen molar-refractivity contribution in [2.24, 2.45) is 0 Å². The third-order valence-corrected chi connectivity index (χ3v) is 4.75. The minimum absolute atomic E-state index is 0.0286. The van der Waals surface area contributed by atoms with E-state index in [0.717, 1.165) is 18.8 Å². The van der Waals surface area contributed by atoms with E-state index in [4.69, 9.17) is 14.2 Å². The van der Waals surface area contributed by atoms with Crippen molar-refractivity contribution in [3.8, 4) is 17.6 Å². The zero-order valence-electron chi connectivity index (χ0n) is 18.1. The minimum atomic E-state index is -0.486. The van der Waals surface area contributed by atoms with Crippen LogP contribution in [0.15, 0.2) is 48.0 Å². The number of para-hydroxylation sites is 1. The van der Waals surface area contributed by atoms with Gasteiger partial charge in [-0.25, -0.2) is 0 Å². The van der Waals surface area contributed by atoms with Gasteiger partial charge in [0.05, 0.1) is 26.4 Å². The smallest absolute Gasteiger partial charge is 0.266 e. The molecule has 0 unspecified atom stereocenters. The van der Waals surface area contributed by atoms with E-state index in [0.29, 0.717) is 36.0 Å². The SMILES string of the molecule is COc1cccc(/C=C(\C#N)C(=O)Nc2ccc(N3CCOCC3)cc2)c1OC(C)C. The highest BCUT2D eigenvalue weighted by atomic mass is 16.5. The average Bonchev–Trinajstić information content (AvgIpc) is 2.79. The number of methoxy groups -OCH3 is 1. The molecule has 3 rings (SSSR count). The largest absolute Gasteiger partial charge is 0.493 e. The van der Waals surface area contributed by atoms with Gasteiger partial charge >= 0.3 is 0 Å². The Hall–Kier alpha value is -3.50. The number of nitriles is 1. The van der Waals surface area contributed by atoms with Crippen molar-refractivity contribution in [2.75, 3.05) is 43.6 Å². The molecule has 1 saturated heterocycles. The Labute approximate surface area is 182 Å². The lowest BCUT2D eigenvalue weighted by atomic mass is 10.1. The van der Waals surface area contributed by atoms with E-state index in [2.05, 4.69) is 10.2 Å². The second kappa shape index (κ2) is 10.5. The molecular formula is C24H27N3O4. The summed E-state index contributed by atoms with van der Waals surface area (Å²) in [5.41, 5.74) is 2.26. The molecule has 0 spiro atoms. The number of rotatable bonds is 7. The summed E-state index contributed by atoms with van der Waals surface area (Å²) in [5.74, 6) is 0.550. The number of morpholine rings is 1. The highest BCUT2D eigenvalue weighted by Crippen LogP contribution is 2.33. The first kappa shape index (κ1) is 22.2. The Kier molecular flexibility index (Phi) is 7.52. The molecule has 0 aliphatic carbocycles. The maximum atomic E-state index is 12.7. The molecule has 0 bridgehead atoms. The molecule has 1 heterocycles. The van der Waals surface area contributed by atoms with E-state index in [1.807, 2.05) is 44.2 Å². The number of amides is 1. The standard InChI is InChI=1S/C24H27N3O4/c1-17(2)31-23-18(5-4-6-22(23)29-3)15-19(16-25)24(28)26-20-7-9-21(10-8-20)27-11-13-30-14-12-27/h4-10,15,17H,11-14H2,1-3H3,(H,26,28)/b19-15+. The molecular weight excluding hydrogens is 394 g/mol. The highest BCUT2D eigenvalue weighted by molar-refractivity contribution is 6.10.